The fourth-order valence-electron chi connectivity index (χ4n) is 2.83. The molecule has 0 bridgehead atoms. The van der Waals surface area contributed by atoms with Crippen LogP contribution >= 0.6 is 0 Å². The molecule has 2 aromatic carbocycles. The van der Waals surface area contributed by atoms with Crippen LogP contribution in [0.5, 0.6) is 0 Å². The lowest BCUT2D eigenvalue weighted by molar-refractivity contribution is 0.0995. The number of carbonyl (C=O) groups is 1. The predicted octanol–water partition coefficient (Wildman–Crippen LogP) is 2.30. The molecule has 3 aromatic rings. The van der Waals surface area contributed by atoms with E-state index in [-0.39, 0.29) is 18.3 Å². The van der Waals surface area contributed by atoms with Crippen molar-refractivity contribution >= 4 is 16.7 Å². The van der Waals surface area contributed by atoms with E-state index in [1.165, 1.54) is 16.3 Å². The number of nitrogens with two attached hydrogens (primary N) is 1. The number of aryl methyl sites for hydroxylation is 1. The number of hydrogen-bond donors (Lipinski definition) is 2. The summed E-state index contributed by atoms with van der Waals surface area (Å²) >= 11 is 0. The third-order valence-corrected chi connectivity index (χ3v) is 4.11. The molecule has 1 aromatic heterocycles. The van der Waals surface area contributed by atoms with Crippen LogP contribution in [0.4, 0.5) is 0 Å². The number of benzene rings is 2. The second-order valence-corrected chi connectivity index (χ2v) is 5.58. The van der Waals surface area contributed by atoms with Crippen molar-refractivity contribution in [2.75, 3.05) is 6.61 Å². The Morgan fingerprint density at radius 1 is 1.22 bits per heavy atom. The Morgan fingerprint density at radius 3 is 2.74 bits per heavy atom. The maximum atomic E-state index is 11.1. The summed E-state index contributed by atoms with van der Waals surface area (Å²) in [5, 5.41) is 12.1. The van der Waals surface area contributed by atoms with E-state index in [9.17, 15) is 9.90 Å². The zero-order valence-electron chi connectivity index (χ0n) is 12.7. The standard InChI is InChI=1S/C18H19N3O2/c19-18(23)17-10-21(12-20-17)15(11-22)9-8-14-6-3-5-13-4-1-2-7-16(13)14/h1-7,10,12,15,22H,8-9,11H2,(H2,19,23). The molecule has 0 aliphatic rings. The lowest BCUT2D eigenvalue weighted by Gasteiger charge is -2.16. The van der Waals surface area contributed by atoms with Gasteiger partial charge in [0, 0.05) is 6.20 Å². The molecule has 1 unspecified atom stereocenters. The maximum Gasteiger partial charge on any atom is 0.268 e. The highest BCUT2D eigenvalue weighted by molar-refractivity contribution is 5.90. The number of hydrogen-bond acceptors (Lipinski definition) is 3. The molecule has 0 spiro atoms. The molecule has 1 amide bonds. The van der Waals surface area contributed by atoms with Crippen LogP contribution in [0.3, 0.4) is 0 Å². The van der Waals surface area contributed by atoms with E-state index in [4.69, 9.17) is 5.73 Å². The summed E-state index contributed by atoms with van der Waals surface area (Å²) in [5.74, 6) is -0.561. The fraction of sp³-hybridized carbons (Fsp3) is 0.222. The average Bonchev–Trinajstić information content (AvgIpc) is 3.06. The number of rotatable bonds is 6. The number of amides is 1. The molecule has 5 heteroatoms. The highest BCUT2D eigenvalue weighted by Gasteiger charge is 2.13. The average molecular weight is 309 g/mol. The van der Waals surface area contributed by atoms with Crippen molar-refractivity contribution in [2.24, 2.45) is 5.73 Å². The SMILES string of the molecule is NC(=O)c1cn(C(CO)CCc2cccc3ccccc23)cn1. The van der Waals surface area contributed by atoms with Gasteiger partial charge in [0.25, 0.3) is 5.91 Å². The molecule has 3 N–H and O–H groups in total. The van der Waals surface area contributed by atoms with Gasteiger partial charge in [-0.05, 0) is 29.2 Å². The van der Waals surface area contributed by atoms with E-state index in [1.54, 1.807) is 17.1 Å². The molecular formula is C18H19N3O2. The van der Waals surface area contributed by atoms with Gasteiger partial charge in [0.2, 0.25) is 0 Å². The van der Waals surface area contributed by atoms with Gasteiger partial charge in [-0.1, -0.05) is 42.5 Å². The number of aromatic nitrogens is 2. The Bertz CT molecular complexity index is 821. The number of fused-ring (bicyclic) bond motifs is 1. The van der Waals surface area contributed by atoms with Crippen molar-refractivity contribution < 1.29 is 9.90 Å². The van der Waals surface area contributed by atoms with Gasteiger partial charge in [-0.3, -0.25) is 4.79 Å². The molecule has 1 heterocycles. The van der Waals surface area contributed by atoms with Crippen molar-refractivity contribution in [2.45, 2.75) is 18.9 Å². The van der Waals surface area contributed by atoms with E-state index >= 15 is 0 Å². The van der Waals surface area contributed by atoms with E-state index < -0.39 is 5.91 Å². The van der Waals surface area contributed by atoms with Gasteiger partial charge in [-0.15, -0.1) is 0 Å². The number of aliphatic hydroxyl groups excluding tert-OH is 1. The van der Waals surface area contributed by atoms with Gasteiger partial charge >= 0.3 is 0 Å². The number of primary amides is 1. The zero-order chi connectivity index (χ0) is 16.2. The molecular weight excluding hydrogens is 290 g/mol. The molecule has 0 aliphatic heterocycles. The first kappa shape index (κ1) is 15.2. The van der Waals surface area contributed by atoms with Gasteiger partial charge in [0.15, 0.2) is 0 Å². The van der Waals surface area contributed by atoms with Crippen molar-refractivity contribution in [1.82, 2.24) is 9.55 Å². The summed E-state index contributed by atoms with van der Waals surface area (Å²) in [6.07, 6.45) is 4.71. The molecule has 1 atom stereocenters. The molecule has 118 valence electrons. The largest absolute Gasteiger partial charge is 0.394 e. The summed E-state index contributed by atoms with van der Waals surface area (Å²) in [6, 6.07) is 14.4. The summed E-state index contributed by atoms with van der Waals surface area (Å²) < 4.78 is 1.76. The second kappa shape index (κ2) is 6.62. The van der Waals surface area contributed by atoms with Crippen molar-refractivity contribution in [3.05, 3.63) is 66.2 Å². The topological polar surface area (TPSA) is 81.1 Å². The van der Waals surface area contributed by atoms with Gasteiger partial charge in [0.05, 0.1) is 19.0 Å². The van der Waals surface area contributed by atoms with Crippen LogP contribution in [-0.4, -0.2) is 27.2 Å². The molecule has 0 radical (unpaired) electrons. The summed E-state index contributed by atoms with van der Waals surface area (Å²) in [7, 11) is 0. The van der Waals surface area contributed by atoms with E-state index in [0.717, 1.165) is 12.8 Å². The highest BCUT2D eigenvalue weighted by atomic mass is 16.3. The van der Waals surface area contributed by atoms with Gasteiger partial charge in [0.1, 0.15) is 5.69 Å². The Morgan fingerprint density at radius 2 is 2.00 bits per heavy atom. The first-order valence-electron chi connectivity index (χ1n) is 7.60. The van der Waals surface area contributed by atoms with Gasteiger partial charge < -0.3 is 15.4 Å². The van der Waals surface area contributed by atoms with E-state index in [0.29, 0.717) is 0 Å². The molecule has 0 fully saturated rings. The van der Waals surface area contributed by atoms with Gasteiger partial charge in [-0.2, -0.15) is 0 Å². The second-order valence-electron chi connectivity index (χ2n) is 5.58. The van der Waals surface area contributed by atoms with Crippen LogP contribution in [0.1, 0.15) is 28.5 Å². The fourth-order valence-corrected chi connectivity index (χ4v) is 2.83. The molecule has 5 nitrogen and oxygen atoms in total. The van der Waals surface area contributed by atoms with Crippen LogP contribution in [0.2, 0.25) is 0 Å². The smallest absolute Gasteiger partial charge is 0.268 e. The molecule has 0 saturated heterocycles. The Kier molecular flexibility index (Phi) is 4.39. The highest BCUT2D eigenvalue weighted by Crippen LogP contribution is 2.22. The van der Waals surface area contributed by atoms with Crippen molar-refractivity contribution in [3.8, 4) is 0 Å². The zero-order valence-corrected chi connectivity index (χ0v) is 12.7. The predicted molar refractivity (Wildman–Crippen MR) is 89.1 cm³/mol. The Labute approximate surface area is 134 Å². The van der Waals surface area contributed by atoms with Crippen LogP contribution in [0.15, 0.2) is 55.0 Å². The van der Waals surface area contributed by atoms with Crippen molar-refractivity contribution in [3.63, 3.8) is 0 Å². The maximum absolute atomic E-state index is 11.1. The minimum atomic E-state index is -0.561. The van der Waals surface area contributed by atoms with Crippen LogP contribution in [0, 0.1) is 0 Å². The number of nitrogens with zero attached hydrogens (tertiary/aromatic N) is 2. The number of carbonyl (C=O) groups excluding carboxylic acids is 1. The third kappa shape index (κ3) is 3.24. The summed E-state index contributed by atoms with van der Waals surface area (Å²) in [6.45, 7) is -0.0146. The quantitative estimate of drug-likeness (QED) is 0.733. The number of imidazole rings is 1. The normalized spacial score (nSPS) is 12.4. The van der Waals surface area contributed by atoms with Crippen LogP contribution < -0.4 is 5.73 Å². The first-order valence-corrected chi connectivity index (χ1v) is 7.60. The molecule has 0 aliphatic carbocycles. The number of aliphatic hydroxyl groups is 1. The van der Waals surface area contributed by atoms with Crippen molar-refractivity contribution in [1.29, 1.82) is 0 Å². The minimum absolute atomic E-state index is 0.0146. The Balaban J connectivity index is 1.78. The summed E-state index contributed by atoms with van der Waals surface area (Å²) in [4.78, 5) is 15.1. The third-order valence-electron chi connectivity index (χ3n) is 4.11. The molecule has 3 rings (SSSR count). The van der Waals surface area contributed by atoms with E-state index in [2.05, 4.69) is 29.2 Å². The first-order chi connectivity index (χ1) is 11.2. The summed E-state index contributed by atoms with van der Waals surface area (Å²) in [5.41, 5.74) is 6.68. The van der Waals surface area contributed by atoms with Crippen LogP contribution in [0.25, 0.3) is 10.8 Å². The molecule has 23 heavy (non-hydrogen) atoms. The van der Waals surface area contributed by atoms with Crippen LogP contribution in [-0.2, 0) is 6.42 Å². The lowest BCUT2D eigenvalue weighted by atomic mass is 9.99. The lowest BCUT2D eigenvalue weighted by Crippen LogP contribution is -2.14. The van der Waals surface area contributed by atoms with E-state index in [1.807, 2.05) is 18.2 Å². The molecule has 0 saturated carbocycles. The minimum Gasteiger partial charge on any atom is -0.394 e. The Hall–Kier alpha value is -2.66. The monoisotopic (exact) mass is 309 g/mol. The van der Waals surface area contributed by atoms with Gasteiger partial charge in [-0.25, -0.2) is 4.98 Å².